The first-order valence-electron chi connectivity index (χ1n) is 10.5. The van der Waals surface area contributed by atoms with Crippen LogP contribution >= 0.6 is 0 Å². The molecule has 2 N–H and O–H groups in total. The number of anilines is 1. The average Bonchev–Trinajstić information content (AvgIpc) is 2.97. The zero-order valence-corrected chi connectivity index (χ0v) is 18.9. The van der Waals surface area contributed by atoms with Crippen molar-refractivity contribution in [1.29, 1.82) is 0 Å². The topological polar surface area (TPSA) is 134 Å². The van der Waals surface area contributed by atoms with Gasteiger partial charge < -0.3 is 29.6 Å². The largest absolute Gasteiger partial charge is 0.466 e. The Morgan fingerprint density at radius 3 is 2.15 bits per heavy atom. The molecule has 0 bridgehead atoms. The number of hydrogen-bond donors (Lipinski definition) is 1. The van der Waals surface area contributed by atoms with Gasteiger partial charge in [0.1, 0.15) is 28.7 Å². The van der Waals surface area contributed by atoms with Gasteiger partial charge in [-0.2, -0.15) is 0 Å². The zero-order chi connectivity index (χ0) is 24.3. The smallest absolute Gasteiger partial charge is 0.341 e. The van der Waals surface area contributed by atoms with E-state index in [-0.39, 0.29) is 36.7 Å². The van der Waals surface area contributed by atoms with Gasteiger partial charge in [0.2, 0.25) is 11.8 Å². The molecule has 1 aromatic rings. The van der Waals surface area contributed by atoms with Crippen LogP contribution in [0.15, 0.2) is 47.1 Å². The Labute approximate surface area is 190 Å². The van der Waals surface area contributed by atoms with E-state index < -0.39 is 41.5 Å². The first kappa shape index (κ1) is 23.8. The molecule has 0 saturated carbocycles. The van der Waals surface area contributed by atoms with E-state index in [1.165, 1.54) is 11.9 Å². The highest BCUT2D eigenvalue weighted by Gasteiger charge is 2.63. The Morgan fingerprint density at radius 1 is 0.970 bits per heavy atom. The standard InChI is InChI=1S/C23H26N2O8/c1-5-30-16(26)12-15-17(20(27)31-6-2)23(18(19(24)33-15)21(28)32-7-3)13-10-8-9-11-14(13)25(4)22(23)29/h8-11H,5-7,12,24H2,1-4H3/t23-/m0/s1. The molecule has 0 aliphatic carbocycles. The van der Waals surface area contributed by atoms with Gasteiger partial charge in [0.25, 0.3) is 0 Å². The molecule has 3 rings (SSSR count). The molecule has 0 aromatic heterocycles. The van der Waals surface area contributed by atoms with Crippen molar-refractivity contribution >= 4 is 29.5 Å². The lowest BCUT2D eigenvalue weighted by Crippen LogP contribution is -2.50. The fourth-order valence-electron chi connectivity index (χ4n) is 4.19. The van der Waals surface area contributed by atoms with Crippen molar-refractivity contribution in [2.45, 2.75) is 32.6 Å². The summed E-state index contributed by atoms with van der Waals surface area (Å²) in [6.45, 7) is 4.87. The SMILES string of the molecule is CCOC(=O)CC1=C(C(=O)OCC)[C@]2(C(=O)N(C)c3ccccc32)C(C(=O)OCC)=C(N)O1. The molecule has 2 aliphatic rings. The van der Waals surface area contributed by atoms with Gasteiger partial charge in [-0.1, -0.05) is 18.2 Å². The highest BCUT2D eigenvalue weighted by Crippen LogP contribution is 2.54. The van der Waals surface area contributed by atoms with Gasteiger partial charge in [-0.05, 0) is 26.8 Å². The average molecular weight is 458 g/mol. The third-order valence-corrected chi connectivity index (χ3v) is 5.37. The van der Waals surface area contributed by atoms with E-state index in [1.807, 2.05) is 0 Å². The third kappa shape index (κ3) is 3.71. The monoisotopic (exact) mass is 458 g/mol. The Kier molecular flexibility index (Phi) is 6.75. The van der Waals surface area contributed by atoms with Gasteiger partial charge in [0.05, 0.1) is 19.8 Å². The number of ether oxygens (including phenoxy) is 4. The highest BCUT2D eigenvalue weighted by molar-refractivity contribution is 6.22. The lowest BCUT2D eigenvalue weighted by atomic mass is 9.67. The summed E-state index contributed by atoms with van der Waals surface area (Å²) in [5, 5.41) is 0. The van der Waals surface area contributed by atoms with E-state index in [9.17, 15) is 19.2 Å². The molecule has 0 unspecified atom stereocenters. The minimum atomic E-state index is -2.02. The maximum Gasteiger partial charge on any atom is 0.341 e. The van der Waals surface area contributed by atoms with Gasteiger partial charge in [-0.25, -0.2) is 9.59 Å². The molecule has 10 nitrogen and oxygen atoms in total. The van der Waals surface area contributed by atoms with Gasteiger partial charge in [0, 0.05) is 18.3 Å². The number of esters is 3. The summed E-state index contributed by atoms with van der Waals surface area (Å²) in [5.41, 5.74) is 4.25. The van der Waals surface area contributed by atoms with Crippen LogP contribution in [0.1, 0.15) is 32.8 Å². The molecular formula is C23H26N2O8. The second-order valence-corrected chi connectivity index (χ2v) is 7.19. The van der Waals surface area contributed by atoms with Crippen LogP contribution in [-0.2, 0) is 43.5 Å². The number of amides is 1. The predicted molar refractivity (Wildman–Crippen MR) is 115 cm³/mol. The number of likely N-dealkylation sites (N-methyl/N-ethyl adjacent to an activating group) is 1. The lowest BCUT2D eigenvalue weighted by Gasteiger charge is -2.36. The van der Waals surface area contributed by atoms with Crippen LogP contribution in [0.5, 0.6) is 0 Å². The van der Waals surface area contributed by atoms with Crippen LogP contribution < -0.4 is 10.6 Å². The molecule has 0 fully saturated rings. The first-order valence-corrected chi connectivity index (χ1v) is 10.5. The van der Waals surface area contributed by atoms with Gasteiger partial charge in [-0.3, -0.25) is 9.59 Å². The fraction of sp³-hybridized carbons (Fsp3) is 0.391. The molecule has 1 atom stereocenters. The van der Waals surface area contributed by atoms with E-state index in [0.29, 0.717) is 11.3 Å². The molecule has 1 aromatic carbocycles. The number of rotatable bonds is 7. The second kappa shape index (κ2) is 9.35. The molecule has 0 radical (unpaired) electrons. The number of benzene rings is 1. The highest BCUT2D eigenvalue weighted by atomic mass is 16.6. The van der Waals surface area contributed by atoms with Crippen molar-refractivity contribution in [2.24, 2.45) is 5.73 Å². The molecular weight excluding hydrogens is 432 g/mol. The predicted octanol–water partition coefficient (Wildman–Crippen LogP) is 1.43. The summed E-state index contributed by atoms with van der Waals surface area (Å²) in [6, 6.07) is 6.65. The maximum absolute atomic E-state index is 13.9. The van der Waals surface area contributed by atoms with Crippen LogP contribution in [-0.4, -0.2) is 50.7 Å². The lowest BCUT2D eigenvalue weighted by molar-refractivity contribution is -0.144. The summed E-state index contributed by atoms with van der Waals surface area (Å²) >= 11 is 0. The van der Waals surface area contributed by atoms with E-state index in [1.54, 1.807) is 45.0 Å². The van der Waals surface area contributed by atoms with E-state index in [4.69, 9.17) is 24.7 Å². The van der Waals surface area contributed by atoms with Crippen LogP contribution in [0, 0.1) is 0 Å². The Hall–Kier alpha value is -3.82. The number of nitrogens with zero attached hydrogens (tertiary/aromatic N) is 1. The number of para-hydroxylation sites is 1. The molecule has 1 amide bonds. The molecule has 10 heteroatoms. The number of nitrogens with two attached hydrogens (primary N) is 1. The molecule has 1 spiro atoms. The fourth-order valence-corrected chi connectivity index (χ4v) is 4.19. The number of carbonyl (C=O) groups is 4. The zero-order valence-electron chi connectivity index (χ0n) is 18.9. The van der Waals surface area contributed by atoms with Crippen LogP contribution in [0.2, 0.25) is 0 Å². The molecule has 2 aliphatic heterocycles. The van der Waals surface area contributed by atoms with E-state index >= 15 is 0 Å². The summed E-state index contributed by atoms with van der Waals surface area (Å²) in [5.74, 6) is -3.86. The maximum atomic E-state index is 13.9. The van der Waals surface area contributed by atoms with Gasteiger partial charge in [0.15, 0.2) is 0 Å². The Bertz CT molecular complexity index is 1070. The summed E-state index contributed by atoms with van der Waals surface area (Å²) in [6.07, 6.45) is -0.500. The van der Waals surface area contributed by atoms with Crippen molar-refractivity contribution in [1.82, 2.24) is 0 Å². The number of carbonyl (C=O) groups excluding carboxylic acids is 4. The number of fused-ring (bicyclic) bond motifs is 2. The third-order valence-electron chi connectivity index (χ3n) is 5.37. The Morgan fingerprint density at radius 2 is 1.55 bits per heavy atom. The van der Waals surface area contributed by atoms with Crippen molar-refractivity contribution in [2.75, 3.05) is 31.8 Å². The summed E-state index contributed by atoms with van der Waals surface area (Å²) in [4.78, 5) is 54.0. The van der Waals surface area contributed by atoms with Crippen LogP contribution in [0.4, 0.5) is 5.69 Å². The van der Waals surface area contributed by atoms with Crippen molar-refractivity contribution in [3.63, 3.8) is 0 Å². The molecule has 2 heterocycles. The normalized spacial score (nSPS) is 19.4. The van der Waals surface area contributed by atoms with E-state index in [2.05, 4.69) is 0 Å². The van der Waals surface area contributed by atoms with E-state index in [0.717, 1.165) is 0 Å². The quantitative estimate of drug-likeness (QED) is 0.476. The van der Waals surface area contributed by atoms with Crippen molar-refractivity contribution in [3.05, 3.63) is 52.6 Å². The number of hydrogen-bond acceptors (Lipinski definition) is 9. The first-order chi connectivity index (χ1) is 15.7. The van der Waals surface area contributed by atoms with Crippen LogP contribution in [0.25, 0.3) is 0 Å². The van der Waals surface area contributed by atoms with Crippen LogP contribution in [0.3, 0.4) is 0 Å². The summed E-state index contributed by atoms with van der Waals surface area (Å²) in [7, 11) is 1.51. The minimum absolute atomic E-state index is 0.00843. The summed E-state index contributed by atoms with van der Waals surface area (Å²) < 4.78 is 21.0. The van der Waals surface area contributed by atoms with Gasteiger partial charge in [-0.15, -0.1) is 0 Å². The van der Waals surface area contributed by atoms with Crippen molar-refractivity contribution < 1.29 is 38.1 Å². The molecule has 0 saturated heterocycles. The minimum Gasteiger partial charge on any atom is -0.466 e. The Balaban J connectivity index is 2.41. The molecule has 176 valence electrons. The molecule has 33 heavy (non-hydrogen) atoms. The van der Waals surface area contributed by atoms with Gasteiger partial charge >= 0.3 is 17.9 Å². The second-order valence-electron chi connectivity index (χ2n) is 7.19. The van der Waals surface area contributed by atoms with Crippen molar-refractivity contribution in [3.8, 4) is 0 Å².